The molecule has 2 fully saturated rings. The van der Waals surface area contributed by atoms with Crippen LogP contribution in [0.25, 0.3) is 5.69 Å². The van der Waals surface area contributed by atoms with Gasteiger partial charge in [0.25, 0.3) is 11.8 Å². The summed E-state index contributed by atoms with van der Waals surface area (Å²) in [7, 11) is -3.58. The van der Waals surface area contributed by atoms with Crippen molar-refractivity contribution < 1.29 is 35.9 Å². The number of aromatic nitrogens is 1. The van der Waals surface area contributed by atoms with Crippen LogP contribution in [0, 0.1) is 11.2 Å². The van der Waals surface area contributed by atoms with Gasteiger partial charge in [0.2, 0.25) is 0 Å². The SMILES string of the molecule is CC1(C)Cc2c(c3c(n2-c2cc(F)c(C(N)=O)c(NC4CCC(OCCN5CCC(F)(F)CC5)CC4)c2)COC3)S(=O)(=O)C1. The molecule has 1 aliphatic carbocycles. The van der Waals surface area contributed by atoms with Crippen LogP contribution in [-0.2, 0) is 38.9 Å². The van der Waals surface area contributed by atoms with Gasteiger partial charge >= 0.3 is 0 Å². The Balaban J connectivity index is 1.18. The number of carbonyl (C=O) groups is 1. The number of alkyl halides is 2. The first kappa shape index (κ1) is 31.4. The molecule has 1 amide bonds. The van der Waals surface area contributed by atoms with Crippen molar-refractivity contribution in [2.75, 3.05) is 37.3 Å². The molecule has 0 bridgehead atoms. The van der Waals surface area contributed by atoms with Crippen molar-refractivity contribution >= 4 is 21.4 Å². The van der Waals surface area contributed by atoms with Gasteiger partial charge in [-0.3, -0.25) is 4.79 Å². The fourth-order valence-electron chi connectivity index (χ4n) is 7.32. The van der Waals surface area contributed by atoms with Crippen LogP contribution < -0.4 is 11.1 Å². The molecule has 1 saturated carbocycles. The number of halogens is 3. The molecule has 0 atom stereocenters. The predicted molar refractivity (Wildman–Crippen MR) is 159 cm³/mol. The zero-order valence-corrected chi connectivity index (χ0v) is 26.1. The third-order valence-corrected chi connectivity index (χ3v) is 11.7. The Morgan fingerprint density at radius 1 is 1.11 bits per heavy atom. The number of carbonyl (C=O) groups excluding carboxylic acids is 1. The highest BCUT2D eigenvalue weighted by molar-refractivity contribution is 7.91. The van der Waals surface area contributed by atoms with E-state index in [0.717, 1.165) is 25.7 Å². The van der Waals surface area contributed by atoms with Crippen molar-refractivity contribution in [1.82, 2.24) is 9.47 Å². The van der Waals surface area contributed by atoms with Crippen LogP contribution in [0.15, 0.2) is 17.0 Å². The van der Waals surface area contributed by atoms with Crippen LogP contribution in [0.3, 0.4) is 0 Å². The lowest BCUT2D eigenvalue weighted by atomic mass is 9.89. The largest absolute Gasteiger partial charge is 0.382 e. The van der Waals surface area contributed by atoms with Gasteiger partial charge < -0.3 is 30.0 Å². The summed E-state index contributed by atoms with van der Waals surface area (Å²) in [5.74, 6) is -4.21. The molecule has 4 aliphatic rings. The molecule has 4 heterocycles. The van der Waals surface area contributed by atoms with E-state index >= 15 is 4.39 Å². The molecule has 0 spiro atoms. The highest BCUT2D eigenvalue weighted by atomic mass is 32.2. The Hall–Kier alpha value is -2.61. The second-order valence-electron chi connectivity index (χ2n) is 13.5. The molecule has 13 heteroatoms. The lowest BCUT2D eigenvalue weighted by Gasteiger charge is -2.33. The lowest BCUT2D eigenvalue weighted by Crippen LogP contribution is -2.41. The van der Waals surface area contributed by atoms with E-state index in [1.54, 1.807) is 10.6 Å². The number of hydrogen-bond acceptors (Lipinski definition) is 7. The van der Waals surface area contributed by atoms with Gasteiger partial charge in [-0.15, -0.1) is 0 Å². The Morgan fingerprint density at radius 3 is 2.50 bits per heavy atom. The molecule has 44 heavy (non-hydrogen) atoms. The van der Waals surface area contributed by atoms with Crippen LogP contribution in [0.4, 0.5) is 18.9 Å². The second-order valence-corrected chi connectivity index (χ2v) is 15.5. The maximum absolute atomic E-state index is 15.6. The maximum atomic E-state index is 15.6. The molecule has 2 aromatic rings. The standard InChI is InChI=1S/C31H41F3N4O5S/c1-30(2)15-25-28(44(40,41)18-30)22-16-42-17-26(22)38(25)20-13-23(32)27(29(35)39)24(14-20)36-19-3-5-21(6-4-19)43-12-11-37-9-7-31(33,34)8-10-37/h13-14,19,21,36H,3-12,15-18H2,1-2H3,(H2,35,39). The number of likely N-dealkylation sites (tertiary alicyclic amines) is 1. The fourth-order valence-corrected chi connectivity index (χ4v) is 9.67. The van der Waals surface area contributed by atoms with Gasteiger partial charge in [0.05, 0.1) is 59.2 Å². The summed E-state index contributed by atoms with van der Waals surface area (Å²) in [4.78, 5) is 14.7. The quantitative estimate of drug-likeness (QED) is 0.435. The van der Waals surface area contributed by atoms with E-state index in [1.807, 2.05) is 18.7 Å². The highest BCUT2D eigenvalue weighted by Gasteiger charge is 2.43. The Kier molecular flexibility index (Phi) is 8.30. The van der Waals surface area contributed by atoms with Crippen molar-refractivity contribution in [3.63, 3.8) is 0 Å². The number of nitrogens with zero attached hydrogens (tertiary/aromatic N) is 2. The first-order valence-electron chi connectivity index (χ1n) is 15.4. The Bertz CT molecular complexity index is 1540. The average molecular weight is 639 g/mol. The zero-order valence-electron chi connectivity index (χ0n) is 25.3. The topological polar surface area (TPSA) is 116 Å². The van der Waals surface area contributed by atoms with Crippen LogP contribution in [-0.4, -0.2) is 73.9 Å². The normalized spacial score (nSPS) is 25.8. The number of ether oxygens (including phenoxy) is 2. The summed E-state index contributed by atoms with van der Waals surface area (Å²) in [5.41, 5.74) is 7.49. The molecule has 3 N–H and O–H groups in total. The molecular weight excluding hydrogens is 597 g/mol. The number of fused-ring (bicyclic) bond motifs is 3. The minimum Gasteiger partial charge on any atom is -0.382 e. The molecule has 1 aromatic heterocycles. The molecular formula is C31H41F3N4O5S. The summed E-state index contributed by atoms with van der Waals surface area (Å²) >= 11 is 0. The first-order valence-corrected chi connectivity index (χ1v) is 17.1. The fraction of sp³-hybridized carbons (Fsp3) is 0.645. The monoisotopic (exact) mass is 638 g/mol. The van der Waals surface area contributed by atoms with E-state index < -0.39 is 32.9 Å². The van der Waals surface area contributed by atoms with E-state index in [9.17, 15) is 22.0 Å². The maximum Gasteiger partial charge on any atom is 0.253 e. The number of piperidine rings is 1. The van der Waals surface area contributed by atoms with Crippen molar-refractivity contribution in [3.05, 3.63) is 40.5 Å². The van der Waals surface area contributed by atoms with Gasteiger partial charge in [-0.05, 0) is 49.7 Å². The molecule has 6 rings (SSSR count). The van der Waals surface area contributed by atoms with E-state index in [4.69, 9.17) is 15.2 Å². The summed E-state index contributed by atoms with van der Waals surface area (Å²) in [6.07, 6.45) is 3.26. The van der Waals surface area contributed by atoms with Crippen molar-refractivity contribution in [3.8, 4) is 5.69 Å². The lowest BCUT2D eigenvalue weighted by molar-refractivity contribution is -0.0625. The van der Waals surface area contributed by atoms with E-state index in [0.29, 0.717) is 55.3 Å². The number of primary amides is 1. The van der Waals surface area contributed by atoms with Crippen LogP contribution >= 0.6 is 0 Å². The van der Waals surface area contributed by atoms with Crippen molar-refractivity contribution in [2.45, 2.75) is 95.0 Å². The van der Waals surface area contributed by atoms with Crippen LogP contribution in [0.5, 0.6) is 0 Å². The average Bonchev–Trinajstić information content (AvgIpc) is 3.49. The molecule has 3 aliphatic heterocycles. The predicted octanol–water partition coefficient (Wildman–Crippen LogP) is 4.57. The number of sulfone groups is 1. The summed E-state index contributed by atoms with van der Waals surface area (Å²) < 4.78 is 82.7. The van der Waals surface area contributed by atoms with Gasteiger partial charge in [0, 0.05) is 49.8 Å². The van der Waals surface area contributed by atoms with E-state index in [2.05, 4.69) is 5.32 Å². The summed E-state index contributed by atoms with van der Waals surface area (Å²) in [6.45, 7) is 6.05. The second kappa shape index (κ2) is 11.6. The van der Waals surface area contributed by atoms with Gasteiger partial charge in [-0.25, -0.2) is 21.6 Å². The highest BCUT2D eigenvalue weighted by Crippen LogP contribution is 2.44. The van der Waals surface area contributed by atoms with Gasteiger partial charge in [-0.2, -0.15) is 0 Å². The molecule has 0 radical (unpaired) electrons. The van der Waals surface area contributed by atoms with Crippen molar-refractivity contribution in [1.29, 1.82) is 0 Å². The number of amides is 1. The minimum atomic E-state index is -3.58. The number of benzene rings is 1. The molecule has 1 saturated heterocycles. The number of hydrogen-bond donors (Lipinski definition) is 2. The number of nitrogens with two attached hydrogens (primary N) is 1. The Labute approximate surface area is 256 Å². The van der Waals surface area contributed by atoms with Crippen LogP contribution in [0.2, 0.25) is 0 Å². The Morgan fingerprint density at radius 2 is 1.82 bits per heavy atom. The molecule has 9 nitrogen and oxygen atoms in total. The zero-order chi connectivity index (χ0) is 31.4. The van der Waals surface area contributed by atoms with Gasteiger partial charge in [0.1, 0.15) is 5.82 Å². The molecule has 1 aromatic carbocycles. The third-order valence-electron chi connectivity index (χ3n) is 9.41. The number of anilines is 1. The van der Waals surface area contributed by atoms with Gasteiger partial charge in [0.15, 0.2) is 9.84 Å². The van der Waals surface area contributed by atoms with Gasteiger partial charge in [-0.1, -0.05) is 13.8 Å². The van der Waals surface area contributed by atoms with Crippen LogP contribution in [0.1, 0.15) is 79.7 Å². The summed E-state index contributed by atoms with van der Waals surface area (Å²) in [5, 5.41) is 3.35. The van der Waals surface area contributed by atoms with E-state index in [1.165, 1.54) is 6.07 Å². The number of rotatable bonds is 8. The minimum absolute atomic E-state index is 0.0226. The smallest absolute Gasteiger partial charge is 0.253 e. The summed E-state index contributed by atoms with van der Waals surface area (Å²) in [6, 6.07) is 2.87. The first-order chi connectivity index (χ1) is 20.7. The molecule has 242 valence electrons. The third kappa shape index (κ3) is 6.25. The van der Waals surface area contributed by atoms with Crippen molar-refractivity contribution in [2.24, 2.45) is 11.1 Å². The number of nitrogens with one attached hydrogen (secondary N) is 1. The van der Waals surface area contributed by atoms with E-state index in [-0.39, 0.29) is 60.1 Å². The molecule has 0 unspecified atom stereocenters.